The number of hydrogen-bond donors (Lipinski definition) is 0. The van der Waals surface area contributed by atoms with Crippen LogP contribution in [0.1, 0.15) is 63.8 Å². The Kier molecular flexibility index (Phi) is 7.19. The Labute approximate surface area is 250 Å². The van der Waals surface area contributed by atoms with Gasteiger partial charge in [0.2, 0.25) is 16.6 Å². The zero-order chi connectivity index (χ0) is 29.8. The molecule has 0 amide bonds. The molecule has 0 atom stereocenters. The van der Waals surface area contributed by atoms with Crippen molar-refractivity contribution in [2.24, 2.45) is 0 Å². The Morgan fingerprint density at radius 3 is 1.10 bits per heavy atom. The second-order valence-electron chi connectivity index (χ2n) is 14.6. The summed E-state index contributed by atoms with van der Waals surface area (Å²) in [5, 5.41) is 0.287. The van der Waals surface area contributed by atoms with E-state index in [1.165, 1.54) is 33.4 Å². The summed E-state index contributed by atoms with van der Waals surface area (Å²) in [5.74, 6) is 1.90. The predicted molar refractivity (Wildman–Crippen MR) is 179 cm³/mol. The van der Waals surface area contributed by atoms with Gasteiger partial charge in [-0.05, 0) is 93.9 Å². The SMILES string of the molecule is CC(C)(C)[Si](C)(C)Oc1ccc(C2(c3ccc(O[Si](C)(C)C(C)(C)C)cc3)c3ccccc3-c3ccccc32)cc1. The van der Waals surface area contributed by atoms with E-state index in [4.69, 9.17) is 8.85 Å². The van der Waals surface area contributed by atoms with E-state index in [1.807, 2.05) is 0 Å². The van der Waals surface area contributed by atoms with Gasteiger partial charge in [0.05, 0.1) is 5.41 Å². The third kappa shape index (κ3) is 4.99. The second kappa shape index (κ2) is 10.0. The van der Waals surface area contributed by atoms with Crippen LogP contribution in [0, 0.1) is 0 Å². The third-order valence-electron chi connectivity index (χ3n) is 9.89. The first-order valence-electron chi connectivity index (χ1n) is 14.9. The Morgan fingerprint density at radius 2 is 0.780 bits per heavy atom. The molecule has 214 valence electrons. The molecule has 0 N–H and O–H groups in total. The van der Waals surface area contributed by atoms with E-state index in [9.17, 15) is 0 Å². The summed E-state index contributed by atoms with van der Waals surface area (Å²) in [6.07, 6.45) is 0. The maximum absolute atomic E-state index is 6.68. The van der Waals surface area contributed by atoms with E-state index >= 15 is 0 Å². The highest BCUT2D eigenvalue weighted by atomic mass is 28.4. The van der Waals surface area contributed by atoms with Crippen molar-refractivity contribution in [3.63, 3.8) is 0 Å². The maximum Gasteiger partial charge on any atom is 0.250 e. The number of rotatable bonds is 6. The predicted octanol–water partition coefficient (Wildman–Crippen LogP) is 10.8. The van der Waals surface area contributed by atoms with Gasteiger partial charge in [-0.15, -0.1) is 0 Å². The summed E-state index contributed by atoms with van der Waals surface area (Å²) in [6.45, 7) is 22.9. The van der Waals surface area contributed by atoms with E-state index in [2.05, 4.69) is 165 Å². The van der Waals surface area contributed by atoms with Gasteiger partial charge in [0.15, 0.2) is 0 Å². The molecular weight excluding hydrogens is 533 g/mol. The molecule has 5 rings (SSSR count). The van der Waals surface area contributed by atoms with Crippen LogP contribution < -0.4 is 8.85 Å². The van der Waals surface area contributed by atoms with Gasteiger partial charge >= 0.3 is 0 Å². The van der Waals surface area contributed by atoms with Gasteiger partial charge in [0.1, 0.15) is 11.5 Å². The van der Waals surface area contributed by atoms with Crippen LogP contribution in [0.15, 0.2) is 97.1 Å². The topological polar surface area (TPSA) is 18.5 Å². The summed E-state index contributed by atoms with van der Waals surface area (Å²) in [7, 11) is -3.89. The van der Waals surface area contributed by atoms with Crippen molar-refractivity contribution >= 4 is 16.6 Å². The van der Waals surface area contributed by atoms with Crippen LogP contribution in [0.5, 0.6) is 11.5 Å². The molecule has 0 bridgehead atoms. The van der Waals surface area contributed by atoms with E-state index in [0.717, 1.165) is 11.5 Å². The lowest BCUT2D eigenvalue weighted by Gasteiger charge is -2.37. The molecule has 0 radical (unpaired) electrons. The summed E-state index contributed by atoms with van der Waals surface area (Å²) in [4.78, 5) is 0. The van der Waals surface area contributed by atoms with Crippen LogP contribution >= 0.6 is 0 Å². The maximum atomic E-state index is 6.68. The lowest BCUT2D eigenvalue weighted by molar-refractivity contribution is 0.491. The first-order chi connectivity index (χ1) is 19.1. The van der Waals surface area contributed by atoms with Crippen molar-refractivity contribution in [3.8, 4) is 22.6 Å². The summed E-state index contributed by atoms with van der Waals surface area (Å²) in [5.41, 5.74) is 7.29. The summed E-state index contributed by atoms with van der Waals surface area (Å²) < 4.78 is 13.4. The van der Waals surface area contributed by atoms with E-state index < -0.39 is 22.0 Å². The molecule has 0 aliphatic heterocycles. The molecule has 1 aliphatic rings. The molecule has 41 heavy (non-hydrogen) atoms. The molecule has 2 nitrogen and oxygen atoms in total. The highest BCUT2D eigenvalue weighted by Crippen LogP contribution is 2.56. The Morgan fingerprint density at radius 1 is 0.463 bits per heavy atom. The normalized spacial score (nSPS) is 14.8. The van der Waals surface area contributed by atoms with Crippen LogP contribution in [0.3, 0.4) is 0 Å². The zero-order valence-corrected chi connectivity index (χ0v) is 28.6. The minimum Gasteiger partial charge on any atom is -0.544 e. The minimum absolute atomic E-state index is 0.143. The van der Waals surface area contributed by atoms with Gasteiger partial charge in [-0.2, -0.15) is 0 Å². The van der Waals surface area contributed by atoms with Crippen LogP contribution in [0.4, 0.5) is 0 Å². The first kappa shape index (κ1) is 29.4. The fraction of sp³-hybridized carbons (Fsp3) is 0.351. The zero-order valence-electron chi connectivity index (χ0n) is 26.6. The van der Waals surface area contributed by atoms with Gasteiger partial charge in [-0.25, -0.2) is 0 Å². The fourth-order valence-electron chi connectivity index (χ4n) is 5.47. The third-order valence-corrected chi connectivity index (χ3v) is 18.6. The minimum atomic E-state index is -1.94. The van der Waals surface area contributed by atoms with Crippen molar-refractivity contribution < 1.29 is 8.85 Å². The van der Waals surface area contributed by atoms with Crippen molar-refractivity contribution in [3.05, 3.63) is 119 Å². The molecule has 4 aromatic carbocycles. The van der Waals surface area contributed by atoms with E-state index in [-0.39, 0.29) is 10.1 Å². The molecular formula is C37H46O2Si2. The van der Waals surface area contributed by atoms with Gasteiger partial charge in [0, 0.05) is 0 Å². The highest BCUT2D eigenvalue weighted by Gasteiger charge is 2.46. The van der Waals surface area contributed by atoms with E-state index in [0.29, 0.717) is 0 Å². The average molecular weight is 579 g/mol. The average Bonchev–Trinajstić information content (AvgIpc) is 3.19. The van der Waals surface area contributed by atoms with Crippen molar-refractivity contribution in [2.45, 2.75) is 83.2 Å². The van der Waals surface area contributed by atoms with Crippen LogP contribution in [0.25, 0.3) is 11.1 Å². The number of benzene rings is 4. The molecule has 0 heterocycles. The van der Waals surface area contributed by atoms with Crippen LogP contribution in [-0.2, 0) is 5.41 Å². The highest BCUT2D eigenvalue weighted by molar-refractivity contribution is 6.75. The Hall–Kier alpha value is -3.09. The van der Waals surface area contributed by atoms with Crippen molar-refractivity contribution in [1.82, 2.24) is 0 Å². The molecule has 0 fully saturated rings. The molecule has 4 heteroatoms. The van der Waals surface area contributed by atoms with Gasteiger partial charge < -0.3 is 8.85 Å². The number of hydrogen-bond acceptors (Lipinski definition) is 2. The molecule has 1 aliphatic carbocycles. The standard InChI is InChI=1S/C37H46O2Si2/c1-35(2,3)40(7,8)38-29-23-19-27(20-24-29)37(28-21-25-30(26-22-28)39-41(9,10)36(4,5)6)33-17-13-11-15-31(33)32-16-12-14-18-34(32)37/h11-26H,1-10H3. The van der Waals surface area contributed by atoms with E-state index in [1.54, 1.807) is 0 Å². The Balaban J connectivity index is 1.66. The second-order valence-corrected chi connectivity index (χ2v) is 24.1. The van der Waals surface area contributed by atoms with Crippen molar-refractivity contribution in [2.75, 3.05) is 0 Å². The quantitative estimate of drug-likeness (QED) is 0.187. The molecule has 0 saturated heterocycles. The lowest BCUT2D eigenvalue weighted by Crippen LogP contribution is -2.43. The van der Waals surface area contributed by atoms with Crippen LogP contribution in [0.2, 0.25) is 36.3 Å². The molecule has 4 aromatic rings. The molecule has 0 saturated carbocycles. The molecule has 0 spiro atoms. The summed E-state index contributed by atoms with van der Waals surface area (Å²) in [6, 6.07) is 35.6. The smallest absolute Gasteiger partial charge is 0.250 e. The molecule has 0 aromatic heterocycles. The van der Waals surface area contributed by atoms with Crippen molar-refractivity contribution in [1.29, 1.82) is 0 Å². The van der Waals surface area contributed by atoms with Gasteiger partial charge in [-0.1, -0.05) is 114 Å². The number of fused-ring (bicyclic) bond motifs is 3. The molecule has 0 unspecified atom stereocenters. The van der Waals surface area contributed by atoms with Crippen LogP contribution in [-0.4, -0.2) is 16.6 Å². The van der Waals surface area contributed by atoms with Gasteiger partial charge in [-0.3, -0.25) is 0 Å². The van der Waals surface area contributed by atoms with Gasteiger partial charge in [0.25, 0.3) is 0 Å². The summed E-state index contributed by atoms with van der Waals surface area (Å²) >= 11 is 0. The monoisotopic (exact) mass is 578 g/mol. The lowest BCUT2D eigenvalue weighted by atomic mass is 9.68. The Bertz CT molecular complexity index is 1420. The fourth-order valence-corrected chi connectivity index (χ4v) is 7.53. The largest absolute Gasteiger partial charge is 0.544 e. The first-order valence-corrected chi connectivity index (χ1v) is 20.7.